The number of carbonyl (C=O) groups is 3. The molecule has 0 radical (unpaired) electrons. The summed E-state index contributed by atoms with van der Waals surface area (Å²) in [5.74, 6) is -0.843. The zero-order valence-electron chi connectivity index (χ0n) is 48.3. The molecule has 0 amide bonds. The summed E-state index contributed by atoms with van der Waals surface area (Å²) >= 11 is 0. The van der Waals surface area contributed by atoms with E-state index in [4.69, 9.17) is 14.2 Å². The van der Waals surface area contributed by atoms with E-state index >= 15 is 0 Å². The van der Waals surface area contributed by atoms with Gasteiger partial charge in [0.05, 0.1) is 0 Å². The van der Waals surface area contributed by atoms with Crippen LogP contribution in [0.4, 0.5) is 0 Å². The van der Waals surface area contributed by atoms with Gasteiger partial charge in [0, 0.05) is 19.3 Å². The minimum absolute atomic E-state index is 0.0659. The molecule has 0 spiro atoms. The lowest BCUT2D eigenvalue weighted by Gasteiger charge is -2.18. The summed E-state index contributed by atoms with van der Waals surface area (Å²) in [7, 11) is 0. The molecule has 6 heteroatoms. The number of esters is 3. The molecule has 0 unspecified atom stereocenters. The number of rotatable bonds is 60. The molecule has 0 aliphatic carbocycles. The van der Waals surface area contributed by atoms with Crippen molar-refractivity contribution in [1.29, 1.82) is 0 Å². The molecule has 0 N–H and O–H groups in total. The predicted molar refractivity (Wildman–Crippen MR) is 307 cm³/mol. The summed E-state index contributed by atoms with van der Waals surface area (Å²) in [4.78, 5) is 38.3. The SMILES string of the molecule is CCCCCCCC/C=C\CCCCCCCC(=O)OC[C@H](COC(=O)CCCCCCCCCCCCCCCCCCC)OC(=O)CCCCCCCCCCCCCCCCCCCCCCC. The molecule has 0 aliphatic heterocycles. The van der Waals surface area contributed by atoms with Crippen molar-refractivity contribution in [3.8, 4) is 0 Å². The first kappa shape index (κ1) is 69.2. The number of hydrogen-bond donors (Lipinski definition) is 0. The molecule has 0 saturated carbocycles. The van der Waals surface area contributed by atoms with Crippen LogP contribution < -0.4 is 0 Å². The fourth-order valence-corrected chi connectivity index (χ4v) is 9.91. The summed E-state index contributed by atoms with van der Waals surface area (Å²) in [6.07, 6.45) is 70.7. The fourth-order valence-electron chi connectivity index (χ4n) is 9.91. The van der Waals surface area contributed by atoms with Crippen molar-refractivity contribution >= 4 is 17.9 Å². The van der Waals surface area contributed by atoms with Gasteiger partial charge in [0.1, 0.15) is 13.2 Å². The van der Waals surface area contributed by atoms with E-state index in [0.717, 1.165) is 64.2 Å². The van der Waals surface area contributed by atoms with Gasteiger partial charge in [-0.05, 0) is 44.9 Å². The third-order valence-corrected chi connectivity index (χ3v) is 14.8. The highest BCUT2D eigenvalue weighted by Gasteiger charge is 2.19. The number of unbranched alkanes of at least 4 members (excludes halogenated alkanes) is 47. The van der Waals surface area contributed by atoms with Crippen molar-refractivity contribution in [3.63, 3.8) is 0 Å². The van der Waals surface area contributed by atoms with Crippen LogP contribution in [0.2, 0.25) is 0 Å². The first-order chi connectivity index (χ1) is 35.0. The van der Waals surface area contributed by atoms with Gasteiger partial charge in [-0.2, -0.15) is 0 Å². The number of allylic oxidation sites excluding steroid dienone is 2. The van der Waals surface area contributed by atoms with Gasteiger partial charge in [-0.3, -0.25) is 14.4 Å². The molecule has 0 aromatic rings. The van der Waals surface area contributed by atoms with Gasteiger partial charge in [-0.1, -0.05) is 315 Å². The topological polar surface area (TPSA) is 78.9 Å². The highest BCUT2D eigenvalue weighted by Crippen LogP contribution is 2.18. The second-order valence-electron chi connectivity index (χ2n) is 22.0. The summed E-state index contributed by atoms with van der Waals surface area (Å²) in [6, 6.07) is 0. The summed E-state index contributed by atoms with van der Waals surface area (Å²) in [5.41, 5.74) is 0. The quantitative estimate of drug-likeness (QED) is 0.0261. The molecule has 0 aromatic carbocycles. The Labute approximate surface area is 443 Å². The summed E-state index contributed by atoms with van der Waals surface area (Å²) in [6.45, 7) is 6.71. The minimum atomic E-state index is -0.769. The van der Waals surface area contributed by atoms with E-state index in [9.17, 15) is 14.4 Å². The third kappa shape index (κ3) is 58.9. The van der Waals surface area contributed by atoms with E-state index in [0.29, 0.717) is 19.3 Å². The maximum absolute atomic E-state index is 12.9. The van der Waals surface area contributed by atoms with Crippen LogP contribution in [0.1, 0.15) is 367 Å². The first-order valence-electron chi connectivity index (χ1n) is 32.2. The van der Waals surface area contributed by atoms with E-state index in [-0.39, 0.29) is 31.1 Å². The molecule has 0 saturated heterocycles. The van der Waals surface area contributed by atoms with E-state index < -0.39 is 6.10 Å². The van der Waals surface area contributed by atoms with Gasteiger partial charge < -0.3 is 14.2 Å². The third-order valence-electron chi connectivity index (χ3n) is 14.8. The van der Waals surface area contributed by atoms with E-state index in [1.54, 1.807) is 0 Å². The van der Waals surface area contributed by atoms with Gasteiger partial charge in [-0.15, -0.1) is 0 Å². The van der Waals surface area contributed by atoms with Crippen molar-refractivity contribution < 1.29 is 28.6 Å². The molecule has 0 bridgehead atoms. The van der Waals surface area contributed by atoms with Crippen molar-refractivity contribution in [2.45, 2.75) is 374 Å². The van der Waals surface area contributed by atoms with Gasteiger partial charge in [0.25, 0.3) is 0 Å². The lowest BCUT2D eigenvalue weighted by Crippen LogP contribution is -2.30. The van der Waals surface area contributed by atoms with E-state index in [1.165, 1.54) is 263 Å². The molecule has 71 heavy (non-hydrogen) atoms. The average molecular weight is 1000 g/mol. The zero-order chi connectivity index (χ0) is 51.4. The van der Waals surface area contributed by atoms with Gasteiger partial charge >= 0.3 is 17.9 Å². The smallest absolute Gasteiger partial charge is 0.306 e. The van der Waals surface area contributed by atoms with Crippen LogP contribution in [0.3, 0.4) is 0 Å². The maximum atomic E-state index is 12.9. The van der Waals surface area contributed by atoms with Crippen molar-refractivity contribution in [2.24, 2.45) is 0 Å². The number of ether oxygens (including phenoxy) is 3. The molecular weight excluding hydrogens is 877 g/mol. The van der Waals surface area contributed by atoms with Crippen LogP contribution in [0.25, 0.3) is 0 Å². The Morgan fingerprint density at radius 2 is 0.465 bits per heavy atom. The van der Waals surface area contributed by atoms with Crippen molar-refractivity contribution in [1.82, 2.24) is 0 Å². The maximum Gasteiger partial charge on any atom is 0.306 e. The van der Waals surface area contributed by atoms with Gasteiger partial charge in [0.2, 0.25) is 0 Å². The van der Waals surface area contributed by atoms with Crippen molar-refractivity contribution in [2.75, 3.05) is 13.2 Å². The van der Waals surface area contributed by atoms with Gasteiger partial charge in [0.15, 0.2) is 6.10 Å². The normalized spacial score (nSPS) is 12.0. The zero-order valence-corrected chi connectivity index (χ0v) is 48.3. The van der Waals surface area contributed by atoms with Crippen LogP contribution in [-0.2, 0) is 28.6 Å². The van der Waals surface area contributed by atoms with Gasteiger partial charge in [-0.25, -0.2) is 0 Å². The van der Waals surface area contributed by atoms with Crippen LogP contribution in [-0.4, -0.2) is 37.2 Å². The molecule has 1 atom stereocenters. The molecule has 0 aromatic heterocycles. The fraction of sp³-hybridized carbons (Fsp3) is 0.923. The monoisotopic (exact) mass is 1000 g/mol. The molecule has 6 nitrogen and oxygen atoms in total. The second-order valence-corrected chi connectivity index (χ2v) is 22.0. The molecule has 0 rings (SSSR count). The number of hydrogen-bond acceptors (Lipinski definition) is 6. The Kier molecular flexibility index (Phi) is 59.1. The largest absolute Gasteiger partial charge is 0.462 e. The highest BCUT2D eigenvalue weighted by molar-refractivity contribution is 5.71. The lowest BCUT2D eigenvalue weighted by molar-refractivity contribution is -0.167. The molecule has 0 fully saturated rings. The Morgan fingerprint density at radius 3 is 0.704 bits per heavy atom. The average Bonchev–Trinajstić information content (AvgIpc) is 3.37. The lowest BCUT2D eigenvalue weighted by atomic mass is 10.0. The number of carbonyl (C=O) groups excluding carboxylic acids is 3. The first-order valence-corrected chi connectivity index (χ1v) is 32.2. The molecule has 420 valence electrons. The van der Waals surface area contributed by atoms with Crippen LogP contribution in [0, 0.1) is 0 Å². The summed E-state index contributed by atoms with van der Waals surface area (Å²) < 4.78 is 16.9. The Hall–Kier alpha value is -1.85. The van der Waals surface area contributed by atoms with Crippen molar-refractivity contribution in [3.05, 3.63) is 12.2 Å². The van der Waals surface area contributed by atoms with Crippen LogP contribution in [0.5, 0.6) is 0 Å². The Morgan fingerprint density at radius 1 is 0.268 bits per heavy atom. The highest BCUT2D eigenvalue weighted by atomic mass is 16.6. The van der Waals surface area contributed by atoms with Crippen LogP contribution >= 0.6 is 0 Å². The predicted octanol–water partition coefficient (Wildman–Crippen LogP) is 21.7. The van der Waals surface area contributed by atoms with E-state index in [1.807, 2.05) is 0 Å². The minimum Gasteiger partial charge on any atom is -0.462 e. The van der Waals surface area contributed by atoms with E-state index in [2.05, 4.69) is 32.9 Å². The summed E-state index contributed by atoms with van der Waals surface area (Å²) in [5, 5.41) is 0. The molecule has 0 aliphatic rings. The molecule has 0 heterocycles. The Bertz CT molecular complexity index is 1100. The van der Waals surface area contributed by atoms with Crippen LogP contribution in [0.15, 0.2) is 12.2 Å². The standard InChI is InChI=1S/C65H124O6/c1-4-7-10-13-16-19-22-25-28-30-31-32-33-35-38-41-44-47-50-53-56-59-65(68)71-62(60-69-63(66)57-54-51-48-45-42-39-36-27-24-21-18-15-12-9-6-3)61-70-64(67)58-55-52-49-46-43-40-37-34-29-26-23-20-17-14-11-8-5-2/h27,36,62H,4-26,28-35,37-61H2,1-3H3/b36-27-/t62-/m1/s1. The Balaban J connectivity index is 4.29. The molecular formula is C65H124O6. The second kappa shape index (κ2) is 60.7.